The first-order valence-corrected chi connectivity index (χ1v) is 10.8. The molecule has 2 aromatic heterocycles. The molecule has 3 nitrogen and oxygen atoms in total. The summed E-state index contributed by atoms with van der Waals surface area (Å²) in [6, 6.07) is 10.9. The maximum absolute atomic E-state index is 6.69. The highest BCUT2D eigenvalue weighted by Crippen LogP contribution is 2.50. The molecule has 26 heavy (non-hydrogen) atoms. The summed E-state index contributed by atoms with van der Waals surface area (Å²) in [5.74, 6) is 0. The maximum atomic E-state index is 6.69. The monoisotopic (exact) mass is 370 g/mol. The Hall–Kier alpha value is -1.23. The molecule has 0 radical (unpaired) electrons. The third kappa shape index (κ3) is 3.73. The van der Waals surface area contributed by atoms with E-state index in [1.165, 1.54) is 41.1 Å². The maximum Gasteiger partial charge on any atom is 0.0691 e. The smallest absolute Gasteiger partial charge is 0.0691 e. The van der Waals surface area contributed by atoms with Crippen molar-refractivity contribution in [1.82, 2.24) is 4.98 Å². The normalized spacial score (nSPS) is 26.2. The quantitative estimate of drug-likeness (QED) is 0.824. The fraction of sp³-hybridized carbons (Fsp3) is 0.591. The van der Waals surface area contributed by atoms with Crippen LogP contribution in [0, 0.1) is 6.92 Å². The van der Waals surface area contributed by atoms with E-state index in [-0.39, 0.29) is 17.1 Å². The van der Waals surface area contributed by atoms with Gasteiger partial charge in [-0.3, -0.25) is 4.98 Å². The molecule has 1 aliphatic carbocycles. The van der Waals surface area contributed by atoms with E-state index in [4.69, 9.17) is 15.5 Å². The summed E-state index contributed by atoms with van der Waals surface area (Å²) in [6.45, 7) is 3.00. The summed E-state index contributed by atoms with van der Waals surface area (Å²) in [5.41, 5.74) is 8.02. The van der Waals surface area contributed by atoms with E-state index in [1.807, 2.05) is 23.6 Å². The van der Waals surface area contributed by atoms with Crippen molar-refractivity contribution in [3.63, 3.8) is 0 Å². The lowest BCUT2D eigenvalue weighted by Gasteiger charge is -2.47. The molecular formula is C22H30N2OS. The summed E-state index contributed by atoms with van der Waals surface area (Å²) in [7, 11) is 0. The predicted molar refractivity (Wildman–Crippen MR) is 108 cm³/mol. The number of nitrogens with two attached hydrogens (primary N) is 1. The second kappa shape index (κ2) is 7.41. The molecule has 140 valence electrons. The fourth-order valence-corrected chi connectivity index (χ4v) is 6.14. The lowest BCUT2D eigenvalue weighted by molar-refractivity contribution is -0.105. The summed E-state index contributed by atoms with van der Waals surface area (Å²) in [5, 5.41) is 0. The Balaban J connectivity index is 1.58. The van der Waals surface area contributed by atoms with E-state index >= 15 is 0 Å². The number of rotatable bonds is 5. The second-order valence-electron chi connectivity index (χ2n) is 8.34. The zero-order valence-corrected chi connectivity index (χ0v) is 16.6. The number of hydrogen-bond donors (Lipinski definition) is 1. The standard InChI is InChI=1S/C22H30N2OS/c1-17-7-8-19(26-17)14-18(23)15-21(20-6-2-5-12-24-20)11-13-25-22(16-21)9-3-4-10-22/h2,5-8,12,18H,3-4,9-11,13-16,23H2,1H3/t18?,21-/m0/s1. The number of hydrogen-bond acceptors (Lipinski definition) is 4. The zero-order chi connectivity index (χ0) is 18.0. The zero-order valence-electron chi connectivity index (χ0n) is 15.7. The van der Waals surface area contributed by atoms with Crippen molar-refractivity contribution in [2.75, 3.05) is 6.61 Å². The molecule has 2 atom stereocenters. The summed E-state index contributed by atoms with van der Waals surface area (Å²) >= 11 is 1.87. The van der Waals surface area contributed by atoms with Gasteiger partial charge in [0.1, 0.15) is 0 Å². The van der Waals surface area contributed by atoms with Gasteiger partial charge in [-0.05, 0) is 69.7 Å². The number of thiophene rings is 1. The number of aromatic nitrogens is 1. The molecule has 0 aromatic carbocycles. The van der Waals surface area contributed by atoms with Crippen molar-refractivity contribution in [1.29, 1.82) is 0 Å². The van der Waals surface area contributed by atoms with Crippen molar-refractivity contribution < 1.29 is 4.74 Å². The predicted octanol–water partition coefficient (Wildman–Crippen LogP) is 4.77. The Bertz CT molecular complexity index is 723. The Labute approximate surface area is 161 Å². The lowest BCUT2D eigenvalue weighted by atomic mass is 9.66. The van der Waals surface area contributed by atoms with E-state index in [2.05, 4.69) is 31.2 Å². The van der Waals surface area contributed by atoms with Gasteiger partial charge in [-0.15, -0.1) is 11.3 Å². The molecule has 0 amide bonds. The van der Waals surface area contributed by atoms with Crippen LogP contribution >= 0.6 is 11.3 Å². The van der Waals surface area contributed by atoms with Crippen LogP contribution in [0.2, 0.25) is 0 Å². The minimum Gasteiger partial charge on any atom is -0.375 e. The van der Waals surface area contributed by atoms with Crippen molar-refractivity contribution in [3.05, 3.63) is 52.0 Å². The first-order chi connectivity index (χ1) is 12.6. The molecule has 2 aromatic rings. The van der Waals surface area contributed by atoms with Crippen molar-refractivity contribution >= 4 is 11.3 Å². The molecule has 2 fully saturated rings. The number of aryl methyl sites for hydroxylation is 1. The van der Waals surface area contributed by atoms with Gasteiger partial charge in [0.15, 0.2) is 0 Å². The van der Waals surface area contributed by atoms with Gasteiger partial charge in [0.2, 0.25) is 0 Å². The van der Waals surface area contributed by atoms with Gasteiger partial charge >= 0.3 is 0 Å². The first kappa shape index (κ1) is 18.1. The third-order valence-electron chi connectivity index (χ3n) is 6.28. The molecule has 1 spiro atoms. The molecule has 4 rings (SSSR count). The van der Waals surface area contributed by atoms with Crippen LogP contribution in [0.3, 0.4) is 0 Å². The third-order valence-corrected chi connectivity index (χ3v) is 7.31. The minimum atomic E-state index is 0.0512. The van der Waals surface area contributed by atoms with Crippen LogP contribution in [0.5, 0.6) is 0 Å². The highest BCUT2D eigenvalue weighted by atomic mass is 32.1. The van der Waals surface area contributed by atoms with Crippen LogP contribution in [-0.4, -0.2) is 23.2 Å². The molecular weight excluding hydrogens is 340 g/mol. The van der Waals surface area contributed by atoms with Gasteiger partial charge in [-0.25, -0.2) is 0 Å². The van der Waals surface area contributed by atoms with Gasteiger partial charge in [0, 0.05) is 39.7 Å². The van der Waals surface area contributed by atoms with Gasteiger partial charge in [0.05, 0.1) is 5.60 Å². The first-order valence-electron chi connectivity index (χ1n) is 9.96. The fourth-order valence-electron chi connectivity index (χ4n) is 5.16. The number of nitrogens with zero attached hydrogens (tertiary/aromatic N) is 1. The van der Waals surface area contributed by atoms with Gasteiger partial charge in [0.25, 0.3) is 0 Å². The molecule has 1 unspecified atom stereocenters. The molecule has 4 heteroatoms. The van der Waals surface area contributed by atoms with Crippen LogP contribution in [0.1, 0.15) is 60.4 Å². The summed E-state index contributed by atoms with van der Waals surface area (Å²) in [6.07, 6.45) is 11.0. The molecule has 2 aliphatic rings. The summed E-state index contributed by atoms with van der Waals surface area (Å²) < 4.78 is 6.34. The van der Waals surface area contributed by atoms with Crippen molar-refractivity contribution in [3.8, 4) is 0 Å². The Morgan fingerprint density at radius 1 is 1.19 bits per heavy atom. The minimum absolute atomic E-state index is 0.0512. The van der Waals surface area contributed by atoms with Gasteiger partial charge < -0.3 is 10.5 Å². The van der Waals surface area contributed by atoms with E-state index in [1.54, 1.807) is 0 Å². The number of pyridine rings is 1. The largest absolute Gasteiger partial charge is 0.375 e. The van der Waals surface area contributed by atoms with Crippen LogP contribution in [-0.2, 0) is 16.6 Å². The summed E-state index contributed by atoms with van der Waals surface area (Å²) in [4.78, 5) is 7.55. The van der Waals surface area contributed by atoms with Crippen LogP contribution in [0.25, 0.3) is 0 Å². The molecule has 1 saturated heterocycles. The van der Waals surface area contributed by atoms with Crippen LogP contribution in [0.15, 0.2) is 36.5 Å². The Morgan fingerprint density at radius 2 is 2.04 bits per heavy atom. The van der Waals surface area contributed by atoms with E-state index in [9.17, 15) is 0 Å². The van der Waals surface area contributed by atoms with Crippen molar-refractivity contribution in [2.24, 2.45) is 5.73 Å². The molecule has 2 N–H and O–H groups in total. The molecule has 0 bridgehead atoms. The SMILES string of the molecule is Cc1ccc(CC(N)C[C@@]2(c3ccccn3)CCOC3(CCCC3)C2)s1. The average Bonchev–Trinajstić information content (AvgIpc) is 3.25. The Kier molecular flexibility index (Phi) is 5.18. The number of ether oxygens (including phenoxy) is 1. The van der Waals surface area contributed by atoms with Gasteiger partial charge in [-0.1, -0.05) is 18.9 Å². The topological polar surface area (TPSA) is 48.1 Å². The van der Waals surface area contributed by atoms with Gasteiger partial charge in [-0.2, -0.15) is 0 Å². The van der Waals surface area contributed by atoms with E-state index in [0.29, 0.717) is 0 Å². The molecule has 3 heterocycles. The lowest BCUT2D eigenvalue weighted by Crippen LogP contribution is -2.49. The highest BCUT2D eigenvalue weighted by molar-refractivity contribution is 7.11. The average molecular weight is 371 g/mol. The van der Waals surface area contributed by atoms with Crippen LogP contribution < -0.4 is 5.73 Å². The Morgan fingerprint density at radius 3 is 2.73 bits per heavy atom. The second-order valence-corrected chi connectivity index (χ2v) is 9.71. The molecule has 1 saturated carbocycles. The van der Waals surface area contributed by atoms with E-state index in [0.717, 1.165) is 32.3 Å². The van der Waals surface area contributed by atoms with Crippen molar-refractivity contribution in [2.45, 2.75) is 75.3 Å². The van der Waals surface area contributed by atoms with Crippen LogP contribution in [0.4, 0.5) is 0 Å². The highest BCUT2D eigenvalue weighted by Gasteiger charge is 2.49. The van der Waals surface area contributed by atoms with E-state index < -0.39 is 0 Å². The molecule has 1 aliphatic heterocycles.